The van der Waals surface area contributed by atoms with Gasteiger partial charge in [-0.2, -0.15) is 0 Å². The van der Waals surface area contributed by atoms with E-state index in [1.165, 1.54) is 5.56 Å². The fourth-order valence-electron chi connectivity index (χ4n) is 2.87. The molecule has 144 valence electrons. The zero-order valence-corrected chi connectivity index (χ0v) is 16.8. The van der Waals surface area contributed by atoms with E-state index in [1.807, 2.05) is 49.9 Å². The number of benzene rings is 1. The van der Waals surface area contributed by atoms with Crippen molar-refractivity contribution in [3.8, 4) is 0 Å². The van der Waals surface area contributed by atoms with Crippen molar-refractivity contribution < 1.29 is 9.59 Å². The van der Waals surface area contributed by atoms with Crippen LogP contribution >= 0.6 is 11.6 Å². The van der Waals surface area contributed by atoms with Gasteiger partial charge in [0.25, 0.3) is 0 Å². The fourth-order valence-corrected chi connectivity index (χ4v) is 2.99. The molecule has 6 heteroatoms. The number of nitrogens with zero attached hydrogens (tertiary/aromatic N) is 2. The summed E-state index contributed by atoms with van der Waals surface area (Å²) >= 11 is 5.92. The molecular weight excluding hydrogens is 350 g/mol. The van der Waals surface area contributed by atoms with Crippen molar-refractivity contribution in [2.24, 2.45) is 5.41 Å². The Balaban J connectivity index is 1.65. The summed E-state index contributed by atoms with van der Waals surface area (Å²) in [4.78, 5) is 28.4. The quantitative estimate of drug-likeness (QED) is 0.773. The molecule has 1 N–H and O–H groups in total. The highest BCUT2D eigenvalue weighted by molar-refractivity contribution is 6.30. The van der Waals surface area contributed by atoms with Gasteiger partial charge in [0.15, 0.2) is 0 Å². The lowest BCUT2D eigenvalue weighted by atomic mass is 9.96. The Hall–Kier alpha value is -1.59. The molecule has 0 aromatic heterocycles. The van der Waals surface area contributed by atoms with Crippen LogP contribution in [0.4, 0.5) is 0 Å². The molecule has 0 atom stereocenters. The van der Waals surface area contributed by atoms with Crippen molar-refractivity contribution in [3.63, 3.8) is 0 Å². The van der Waals surface area contributed by atoms with E-state index in [9.17, 15) is 9.59 Å². The SMILES string of the molecule is CC(C)(C)C(=O)NCCCC(=O)N1CCN(Cc2ccc(Cl)cc2)CC1. The van der Waals surface area contributed by atoms with Gasteiger partial charge < -0.3 is 10.2 Å². The molecule has 1 heterocycles. The van der Waals surface area contributed by atoms with Crippen LogP contribution < -0.4 is 5.32 Å². The number of hydrogen-bond acceptors (Lipinski definition) is 3. The van der Waals surface area contributed by atoms with E-state index in [2.05, 4.69) is 10.2 Å². The molecule has 1 aliphatic rings. The molecule has 2 amide bonds. The number of piperazine rings is 1. The minimum absolute atomic E-state index is 0.0285. The van der Waals surface area contributed by atoms with Crippen molar-refractivity contribution in [1.29, 1.82) is 0 Å². The summed E-state index contributed by atoms with van der Waals surface area (Å²) in [5.41, 5.74) is 0.855. The molecule has 26 heavy (non-hydrogen) atoms. The van der Waals surface area contributed by atoms with Crippen LogP contribution in [0.25, 0.3) is 0 Å². The van der Waals surface area contributed by atoms with Crippen LogP contribution in [0.2, 0.25) is 5.02 Å². The first-order valence-corrected chi connectivity index (χ1v) is 9.66. The maximum absolute atomic E-state index is 12.3. The summed E-state index contributed by atoms with van der Waals surface area (Å²) in [6.07, 6.45) is 1.17. The number of carbonyl (C=O) groups is 2. The van der Waals surface area contributed by atoms with E-state index in [4.69, 9.17) is 11.6 Å². The van der Waals surface area contributed by atoms with Gasteiger partial charge in [0.2, 0.25) is 11.8 Å². The molecule has 1 aromatic rings. The van der Waals surface area contributed by atoms with E-state index >= 15 is 0 Å². The second kappa shape index (κ2) is 9.38. The fraction of sp³-hybridized carbons (Fsp3) is 0.600. The summed E-state index contributed by atoms with van der Waals surface area (Å²) in [5, 5.41) is 3.64. The van der Waals surface area contributed by atoms with Gasteiger partial charge in [0, 0.05) is 56.1 Å². The largest absolute Gasteiger partial charge is 0.356 e. The normalized spacial score (nSPS) is 15.8. The number of carbonyl (C=O) groups excluding carboxylic acids is 2. The number of amides is 2. The minimum atomic E-state index is -0.384. The van der Waals surface area contributed by atoms with Crippen LogP contribution in [0.1, 0.15) is 39.2 Å². The highest BCUT2D eigenvalue weighted by Gasteiger charge is 2.22. The highest BCUT2D eigenvalue weighted by atomic mass is 35.5. The van der Waals surface area contributed by atoms with E-state index in [0.29, 0.717) is 19.4 Å². The predicted molar refractivity (Wildman–Crippen MR) is 105 cm³/mol. The zero-order valence-electron chi connectivity index (χ0n) is 16.1. The van der Waals surface area contributed by atoms with Gasteiger partial charge in [-0.25, -0.2) is 0 Å². The molecule has 0 bridgehead atoms. The molecule has 0 aliphatic carbocycles. The Morgan fingerprint density at radius 2 is 1.69 bits per heavy atom. The Morgan fingerprint density at radius 1 is 1.08 bits per heavy atom. The Kier molecular flexibility index (Phi) is 7.47. The van der Waals surface area contributed by atoms with Crippen LogP contribution in [0.3, 0.4) is 0 Å². The van der Waals surface area contributed by atoms with Crippen molar-refractivity contribution in [1.82, 2.24) is 15.1 Å². The van der Waals surface area contributed by atoms with Crippen LogP contribution in [-0.4, -0.2) is 54.3 Å². The van der Waals surface area contributed by atoms with Gasteiger partial charge in [-0.1, -0.05) is 44.5 Å². The maximum atomic E-state index is 12.3. The third kappa shape index (κ3) is 6.61. The molecule has 2 rings (SSSR count). The Labute approximate surface area is 161 Å². The van der Waals surface area contributed by atoms with Crippen molar-refractivity contribution in [2.75, 3.05) is 32.7 Å². The lowest BCUT2D eigenvalue weighted by molar-refractivity contribution is -0.133. The molecule has 0 spiro atoms. The lowest BCUT2D eigenvalue weighted by Crippen LogP contribution is -2.48. The summed E-state index contributed by atoms with van der Waals surface area (Å²) in [7, 11) is 0. The number of rotatable bonds is 6. The van der Waals surface area contributed by atoms with Crippen molar-refractivity contribution in [3.05, 3.63) is 34.9 Å². The summed E-state index contributed by atoms with van der Waals surface area (Å²) in [6, 6.07) is 7.92. The molecule has 0 radical (unpaired) electrons. The molecule has 1 aromatic carbocycles. The number of nitrogens with one attached hydrogen (secondary N) is 1. The summed E-state index contributed by atoms with van der Waals surface area (Å²) in [6.45, 7) is 10.4. The number of halogens is 1. The van der Waals surface area contributed by atoms with Crippen LogP contribution in [0, 0.1) is 5.41 Å². The molecule has 0 saturated carbocycles. The van der Waals surface area contributed by atoms with E-state index in [0.717, 1.165) is 37.7 Å². The topological polar surface area (TPSA) is 52.7 Å². The molecule has 1 saturated heterocycles. The monoisotopic (exact) mass is 379 g/mol. The van der Waals surface area contributed by atoms with Gasteiger partial charge in [0.05, 0.1) is 0 Å². The second-order valence-corrected chi connectivity index (χ2v) is 8.33. The van der Waals surface area contributed by atoms with E-state index in [-0.39, 0.29) is 17.2 Å². The third-order valence-corrected chi connectivity index (χ3v) is 4.83. The molecule has 0 unspecified atom stereocenters. The summed E-state index contributed by atoms with van der Waals surface area (Å²) in [5.74, 6) is 0.210. The van der Waals surface area contributed by atoms with Crippen molar-refractivity contribution >= 4 is 23.4 Å². The zero-order chi connectivity index (χ0) is 19.2. The standard InChI is InChI=1S/C20H30ClN3O2/c1-20(2,3)19(26)22-10-4-5-18(25)24-13-11-23(12-14-24)15-16-6-8-17(21)9-7-16/h6-9H,4-5,10-15H2,1-3H3,(H,22,26). The molecule has 5 nitrogen and oxygen atoms in total. The van der Waals surface area contributed by atoms with Crippen molar-refractivity contribution in [2.45, 2.75) is 40.2 Å². The van der Waals surface area contributed by atoms with Gasteiger partial charge in [-0.3, -0.25) is 14.5 Å². The predicted octanol–water partition coefficient (Wildman–Crippen LogP) is 2.93. The average molecular weight is 380 g/mol. The van der Waals surface area contributed by atoms with E-state index in [1.54, 1.807) is 0 Å². The van der Waals surface area contributed by atoms with Gasteiger partial charge in [-0.05, 0) is 24.1 Å². The Bertz CT molecular complexity index is 602. The molecular formula is C20H30ClN3O2. The Morgan fingerprint density at radius 3 is 2.27 bits per heavy atom. The highest BCUT2D eigenvalue weighted by Crippen LogP contribution is 2.14. The van der Waals surface area contributed by atoms with Gasteiger partial charge in [-0.15, -0.1) is 0 Å². The average Bonchev–Trinajstić information content (AvgIpc) is 2.60. The van der Waals surface area contributed by atoms with Crippen LogP contribution in [0.5, 0.6) is 0 Å². The first kappa shape index (κ1) is 20.7. The van der Waals surface area contributed by atoms with Crippen LogP contribution in [0.15, 0.2) is 24.3 Å². The minimum Gasteiger partial charge on any atom is -0.356 e. The molecule has 1 fully saturated rings. The lowest BCUT2D eigenvalue weighted by Gasteiger charge is -2.35. The maximum Gasteiger partial charge on any atom is 0.225 e. The second-order valence-electron chi connectivity index (χ2n) is 7.89. The smallest absolute Gasteiger partial charge is 0.225 e. The summed E-state index contributed by atoms with van der Waals surface area (Å²) < 4.78 is 0. The van der Waals surface area contributed by atoms with Gasteiger partial charge >= 0.3 is 0 Å². The molecule has 1 aliphatic heterocycles. The van der Waals surface area contributed by atoms with Crippen LogP contribution in [-0.2, 0) is 16.1 Å². The van der Waals surface area contributed by atoms with Gasteiger partial charge in [0.1, 0.15) is 0 Å². The third-order valence-electron chi connectivity index (χ3n) is 4.58. The first-order valence-electron chi connectivity index (χ1n) is 9.28. The number of hydrogen-bond donors (Lipinski definition) is 1. The van der Waals surface area contributed by atoms with E-state index < -0.39 is 0 Å². The first-order chi connectivity index (χ1) is 12.3.